The van der Waals surface area contributed by atoms with Crippen molar-refractivity contribution in [2.45, 2.75) is 240 Å². The summed E-state index contributed by atoms with van der Waals surface area (Å²) in [6, 6.07) is 0. The van der Waals surface area contributed by atoms with Gasteiger partial charge in [0.1, 0.15) is 0 Å². The molecule has 0 spiro atoms. The van der Waals surface area contributed by atoms with Crippen molar-refractivity contribution in [3.05, 3.63) is 0 Å². The van der Waals surface area contributed by atoms with Gasteiger partial charge in [0, 0.05) is 32.6 Å². The number of unbranched alkanes of at least 4 members (excludes halogenated alkanes) is 2. The van der Waals surface area contributed by atoms with Gasteiger partial charge in [-0.25, -0.2) is 0 Å². The lowest BCUT2D eigenvalue weighted by atomic mass is 9.90. The fourth-order valence-electron chi connectivity index (χ4n) is 8.55. The second-order valence-corrected chi connectivity index (χ2v) is 17.4. The molecule has 1 rings (SSSR count). The van der Waals surface area contributed by atoms with Crippen LogP contribution in [-0.4, -0.2) is 62.9 Å². The average molecular weight is 778 g/mol. The molecule has 0 saturated carbocycles. The zero-order chi connectivity index (χ0) is 39.9. The Balaban J connectivity index is 2.58. The molecule has 0 aliphatic carbocycles. The quantitative estimate of drug-likeness (QED) is 0.129. The third-order valence-corrected chi connectivity index (χ3v) is 12.4. The molecule has 326 valence electrons. The topological polar surface area (TPSA) is 65.1 Å². The molecule has 6 heteroatoms. The summed E-state index contributed by atoms with van der Waals surface area (Å²) in [6.45, 7) is 15.4. The number of cyclic esters (lactones) is 2. The Morgan fingerprint density at radius 1 is 0.491 bits per heavy atom. The zero-order valence-corrected chi connectivity index (χ0v) is 37.5. The van der Waals surface area contributed by atoms with Crippen LogP contribution in [0, 0.1) is 17.8 Å². The Morgan fingerprint density at radius 3 is 1.24 bits per heavy atom. The third kappa shape index (κ3) is 33.5. The fraction of sp³-hybridized carbons (Fsp3) is 0.959. The van der Waals surface area contributed by atoms with Gasteiger partial charge in [0.15, 0.2) is 0 Å². The number of ether oxygens (including phenoxy) is 3. The summed E-state index contributed by atoms with van der Waals surface area (Å²) in [5.74, 6) is 1.65. The minimum Gasteiger partial charge on any atom is -0.466 e. The lowest BCUT2D eigenvalue weighted by Crippen LogP contribution is -2.25. The van der Waals surface area contributed by atoms with Crippen molar-refractivity contribution in [3.8, 4) is 0 Å². The third-order valence-electron chi connectivity index (χ3n) is 12.4. The van der Waals surface area contributed by atoms with E-state index in [2.05, 4.69) is 32.6 Å². The Labute approximate surface area is 343 Å². The minimum atomic E-state index is 0.0165. The van der Waals surface area contributed by atoms with Crippen molar-refractivity contribution in [2.24, 2.45) is 17.8 Å². The van der Waals surface area contributed by atoms with Gasteiger partial charge in [0.25, 0.3) is 0 Å². The van der Waals surface area contributed by atoms with Crippen LogP contribution in [0.2, 0.25) is 0 Å². The van der Waals surface area contributed by atoms with E-state index in [9.17, 15) is 9.59 Å². The van der Waals surface area contributed by atoms with Crippen molar-refractivity contribution in [1.82, 2.24) is 4.90 Å². The van der Waals surface area contributed by atoms with Crippen molar-refractivity contribution in [2.75, 3.05) is 46.1 Å². The molecule has 0 radical (unpaired) electrons. The van der Waals surface area contributed by atoms with E-state index in [4.69, 9.17) is 14.2 Å². The van der Waals surface area contributed by atoms with Gasteiger partial charge in [0.05, 0.1) is 13.2 Å². The molecule has 2 atom stereocenters. The summed E-state index contributed by atoms with van der Waals surface area (Å²) in [4.78, 5) is 27.9. The molecule has 0 bridgehead atoms. The molecular weight excluding hydrogens is 683 g/mol. The standard InChI is InChI=1S/C49H95NO5/c1-5-9-32-45-34-25-21-22-26-35-46(33-10-6-2)43-49(52)55-41-30-24-18-14-12-16-20-28-37-47(44-53-39-31-38-50(7-3)8-4)36-27-19-15-11-13-17-23-29-40-54-48(51)42-45/h45-47H,5-44H2,1-4H3. The van der Waals surface area contributed by atoms with Crippen molar-refractivity contribution >= 4 is 11.9 Å². The van der Waals surface area contributed by atoms with Crippen molar-refractivity contribution in [3.63, 3.8) is 0 Å². The van der Waals surface area contributed by atoms with Crippen molar-refractivity contribution in [1.29, 1.82) is 0 Å². The first-order valence-corrected chi connectivity index (χ1v) is 24.6. The van der Waals surface area contributed by atoms with Gasteiger partial charge < -0.3 is 19.1 Å². The number of nitrogens with zero attached hydrogens (tertiary/aromatic N) is 1. The average Bonchev–Trinajstić information content (AvgIpc) is 3.18. The maximum Gasteiger partial charge on any atom is 0.306 e. The van der Waals surface area contributed by atoms with Crippen LogP contribution < -0.4 is 0 Å². The Hall–Kier alpha value is -1.14. The number of carbonyl (C=O) groups excluding carboxylic acids is 2. The summed E-state index contributed by atoms with van der Waals surface area (Å²) in [5.41, 5.74) is 0. The molecule has 1 aliphatic heterocycles. The van der Waals surface area contributed by atoms with E-state index >= 15 is 0 Å². The van der Waals surface area contributed by atoms with E-state index in [1.54, 1.807) is 0 Å². The van der Waals surface area contributed by atoms with E-state index in [1.165, 1.54) is 154 Å². The maximum atomic E-state index is 12.7. The molecule has 0 aromatic carbocycles. The number of carbonyl (C=O) groups is 2. The highest BCUT2D eigenvalue weighted by atomic mass is 16.5. The number of rotatable bonds is 14. The largest absolute Gasteiger partial charge is 0.466 e. The lowest BCUT2D eigenvalue weighted by molar-refractivity contribution is -0.146. The van der Waals surface area contributed by atoms with Gasteiger partial charge in [-0.05, 0) is 88.6 Å². The van der Waals surface area contributed by atoms with E-state index < -0.39 is 0 Å². The molecule has 1 aliphatic rings. The Kier molecular flexibility index (Phi) is 37.4. The molecule has 0 amide bonds. The highest BCUT2D eigenvalue weighted by molar-refractivity contribution is 5.70. The van der Waals surface area contributed by atoms with Gasteiger partial charge in [-0.15, -0.1) is 0 Å². The molecule has 0 aromatic heterocycles. The molecule has 6 nitrogen and oxygen atoms in total. The van der Waals surface area contributed by atoms with Gasteiger partial charge >= 0.3 is 11.9 Å². The molecule has 2 unspecified atom stereocenters. The molecular formula is C49H95NO5. The highest BCUT2D eigenvalue weighted by Crippen LogP contribution is 2.25. The fourth-order valence-corrected chi connectivity index (χ4v) is 8.55. The molecule has 55 heavy (non-hydrogen) atoms. The summed E-state index contributed by atoms with van der Waals surface area (Å²) in [5, 5.41) is 0. The van der Waals surface area contributed by atoms with Crippen LogP contribution in [0.4, 0.5) is 0 Å². The lowest BCUT2D eigenvalue weighted by Gasteiger charge is -2.19. The van der Waals surface area contributed by atoms with E-state index in [0.717, 1.165) is 77.8 Å². The highest BCUT2D eigenvalue weighted by Gasteiger charge is 2.17. The van der Waals surface area contributed by atoms with Crippen LogP contribution >= 0.6 is 0 Å². The van der Waals surface area contributed by atoms with Crippen LogP contribution in [0.15, 0.2) is 0 Å². The zero-order valence-electron chi connectivity index (χ0n) is 37.5. The van der Waals surface area contributed by atoms with Crippen LogP contribution in [0.25, 0.3) is 0 Å². The van der Waals surface area contributed by atoms with Gasteiger partial charge in [0.2, 0.25) is 0 Å². The van der Waals surface area contributed by atoms with Gasteiger partial charge in [-0.2, -0.15) is 0 Å². The number of hydrogen-bond acceptors (Lipinski definition) is 6. The van der Waals surface area contributed by atoms with Crippen molar-refractivity contribution < 1.29 is 23.8 Å². The summed E-state index contributed by atoms with van der Waals surface area (Å²) < 4.78 is 17.7. The Morgan fingerprint density at radius 2 is 0.855 bits per heavy atom. The van der Waals surface area contributed by atoms with Gasteiger partial charge in [-0.3, -0.25) is 9.59 Å². The van der Waals surface area contributed by atoms with E-state index in [1.807, 2.05) is 0 Å². The SMILES string of the molecule is CCCCC1CCCCCCC(CCCC)CC(=O)OCCCCCCCCCCC(COCCCN(CC)CC)CCCCCCCCCCOC(=O)C1. The molecule has 1 saturated heterocycles. The second-order valence-electron chi connectivity index (χ2n) is 17.4. The smallest absolute Gasteiger partial charge is 0.306 e. The van der Waals surface area contributed by atoms with Crippen LogP contribution in [0.5, 0.6) is 0 Å². The summed E-state index contributed by atoms with van der Waals surface area (Å²) >= 11 is 0. The predicted molar refractivity (Wildman–Crippen MR) is 235 cm³/mol. The van der Waals surface area contributed by atoms with E-state index in [0.29, 0.717) is 43.8 Å². The first-order chi connectivity index (χ1) is 27.0. The second kappa shape index (κ2) is 39.7. The summed E-state index contributed by atoms with van der Waals surface area (Å²) in [6.07, 6.45) is 39.2. The maximum absolute atomic E-state index is 12.7. The van der Waals surface area contributed by atoms with Gasteiger partial charge in [-0.1, -0.05) is 169 Å². The molecule has 1 heterocycles. The monoisotopic (exact) mass is 778 g/mol. The Bertz CT molecular complexity index is 776. The summed E-state index contributed by atoms with van der Waals surface area (Å²) in [7, 11) is 0. The first kappa shape index (κ1) is 51.9. The number of esters is 2. The first-order valence-electron chi connectivity index (χ1n) is 24.6. The normalized spacial score (nSPS) is 23.6. The number of hydrogen-bond donors (Lipinski definition) is 0. The van der Waals surface area contributed by atoms with Crippen LogP contribution in [0.3, 0.4) is 0 Å². The molecule has 0 N–H and O–H groups in total. The molecule has 1 fully saturated rings. The minimum absolute atomic E-state index is 0.0165. The van der Waals surface area contributed by atoms with Crippen LogP contribution in [-0.2, 0) is 23.8 Å². The van der Waals surface area contributed by atoms with E-state index in [-0.39, 0.29) is 11.9 Å². The molecule has 0 aromatic rings. The van der Waals surface area contributed by atoms with Crippen LogP contribution in [0.1, 0.15) is 240 Å². The predicted octanol–water partition coefficient (Wildman–Crippen LogP) is 14.2.